The molecule has 1 fully saturated rings. The van der Waals surface area contributed by atoms with Crippen molar-refractivity contribution in [2.24, 2.45) is 0 Å². The second kappa shape index (κ2) is 7.00. The number of ether oxygens (including phenoxy) is 2. The Kier molecular flexibility index (Phi) is 4.32. The van der Waals surface area contributed by atoms with Gasteiger partial charge in [0, 0.05) is 41.2 Å². The molecule has 0 radical (unpaired) electrons. The lowest BCUT2D eigenvalue weighted by molar-refractivity contribution is 0.0846. The van der Waals surface area contributed by atoms with Gasteiger partial charge in [-0.05, 0) is 48.1 Å². The van der Waals surface area contributed by atoms with Crippen LogP contribution in [-0.2, 0) is 4.74 Å². The normalized spacial score (nSPS) is 15.2. The van der Waals surface area contributed by atoms with Gasteiger partial charge in [0.2, 0.25) is 0 Å². The van der Waals surface area contributed by atoms with Gasteiger partial charge in [0.05, 0.1) is 18.8 Å². The third-order valence-electron chi connectivity index (χ3n) is 5.68. The fraction of sp³-hybridized carbons (Fsp3) is 0.273. The van der Waals surface area contributed by atoms with Gasteiger partial charge in [0.1, 0.15) is 0 Å². The summed E-state index contributed by atoms with van der Waals surface area (Å²) in [5.74, 6) is -0.0917. The highest BCUT2D eigenvalue weighted by Crippen LogP contribution is 2.39. The highest BCUT2D eigenvalue weighted by molar-refractivity contribution is 6.04. The third-order valence-corrected chi connectivity index (χ3v) is 5.68. The Bertz CT molecular complexity index is 1270. The number of hydrogen-bond donors (Lipinski definition) is 2. The molecule has 148 valence electrons. The molecule has 0 spiro atoms. The maximum Gasteiger partial charge on any atom is 0.256 e. The third kappa shape index (κ3) is 2.98. The number of halogens is 1. The molecule has 29 heavy (non-hydrogen) atoms. The lowest BCUT2D eigenvalue weighted by Gasteiger charge is -2.25. The van der Waals surface area contributed by atoms with Crippen LogP contribution in [0.4, 0.5) is 4.39 Å². The zero-order chi connectivity index (χ0) is 20.0. The van der Waals surface area contributed by atoms with Crippen LogP contribution in [0.3, 0.4) is 0 Å². The highest BCUT2D eigenvalue weighted by atomic mass is 19.1. The molecule has 0 amide bonds. The largest absolute Gasteiger partial charge is 0.494 e. The van der Waals surface area contributed by atoms with Gasteiger partial charge in [-0.1, -0.05) is 6.07 Å². The molecular formula is C22H20FN3O3. The summed E-state index contributed by atoms with van der Waals surface area (Å²) in [6.07, 6.45) is 3.38. The van der Waals surface area contributed by atoms with Crippen molar-refractivity contribution >= 4 is 21.7 Å². The van der Waals surface area contributed by atoms with Crippen LogP contribution in [0.2, 0.25) is 0 Å². The number of aromatic nitrogens is 3. The molecule has 5 rings (SSSR count). The summed E-state index contributed by atoms with van der Waals surface area (Å²) >= 11 is 0. The molecule has 1 saturated heterocycles. The number of hydrogen-bond acceptors (Lipinski definition) is 4. The summed E-state index contributed by atoms with van der Waals surface area (Å²) < 4.78 is 24.8. The molecule has 0 atom stereocenters. The lowest BCUT2D eigenvalue weighted by atomic mass is 9.87. The zero-order valence-corrected chi connectivity index (χ0v) is 15.9. The molecule has 0 saturated carbocycles. The van der Waals surface area contributed by atoms with Gasteiger partial charge < -0.3 is 14.5 Å². The van der Waals surface area contributed by atoms with E-state index in [0.29, 0.717) is 18.6 Å². The fourth-order valence-corrected chi connectivity index (χ4v) is 4.20. The fourth-order valence-electron chi connectivity index (χ4n) is 4.20. The highest BCUT2D eigenvalue weighted by Gasteiger charge is 2.24. The van der Waals surface area contributed by atoms with Crippen molar-refractivity contribution in [3.8, 4) is 16.9 Å². The Morgan fingerprint density at radius 2 is 2.00 bits per heavy atom. The summed E-state index contributed by atoms with van der Waals surface area (Å²) in [6.45, 7) is 1.30. The minimum atomic E-state index is -0.421. The molecule has 7 heteroatoms. The van der Waals surface area contributed by atoms with Crippen molar-refractivity contribution < 1.29 is 13.9 Å². The van der Waals surface area contributed by atoms with Crippen LogP contribution < -0.4 is 10.3 Å². The molecule has 4 aromatic rings. The maximum absolute atomic E-state index is 14.1. The van der Waals surface area contributed by atoms with Crippen LogP contribution in [0, 0.1) is 5.82 Å². The first-order chi connectivity index (χ1) is 14.2. The Morgan fingerprint density at radius 3 is 2.79 bits per heavy atom. The average Bonchev–Trinajstić information content (AvgIpc) is 3.21. The van der Waals surface area contributed by atoms with Crippen molar-refractivity contribution in [2.75, 3.05) is 20.3 Å². The molecule has 2 aromatic heterocycles. The first-order valence-electron chi connectivity index (χ1n) is 9.60. The predicted molar refractivity (Wildman–Crippen MR) is 109 cm³/mol. The number of nitrogens with one attached hydrogen (secondary N) is 2. The van der Waals surface area contributed by atoms with Crippen molar-refractivity contribution in [3.63, 3.8) is 0 Å². The SMILES string of the molecule is COc1cc(-c2c(C3CCOCC3)[nH]c(=O)c3cc4[nH]ncc4cc23)ccc1F. The monoisotopic (exact) mass is 393 g/mol. The van der Waals surface area contributed by atoms with E-state index in [9.17, 15) is 9.18 Å². The summed E-state index contributed by atoms with van der Waals surface area (Å²) in [6, 6.07) is 8.60. The van der Waals surface area contributed by atoms with E-state index < -0.39 is 5.82 Å². The molecule has 3 heterocycles. The summed E-state index contributed by atoms with van der Waals surface area (Å²) in [5, 5.41) is 9.29. The van der Waals surface area contributed by atoms with E-state index in [0.717, 1.165) is 46.0 Å². The van der Waals surface area contributed by atoms with E-state index in [1.54, 1.807) is 18.3 Å². The van der Waals surface area contributed by atoms with Gasteiger partial charge in [0.25, 0.3) is 5.56 Å². The molecular weight excluding hydrogens is 373 g/mol. The number of benzene rings is 2. The van der Waals surface area contributed by atoms with E-state index in [1.165, 1.54) is 13.2 Å². The first kappa shape index (κ1) is 17.9. The zero-order valence-electron chi connectivity index (χ0n) is 15.9. The lowest BCUT2D eigenvalue weighted by Crippen LogP contribution is -2.20. The Morgan fingerprint density at radius 1 is 1.17 bits per heavy atom. The van der Waals surface area contributed by atoms with Crippen molar-refractivity contribution in [1.82, 2.24) is 15.2 Å². The molecule has 1 aliphatic rings. The van der Waals surface area contributed by atoms with Gasteiger partial charge in [0.15, 0.2) is 11.6 Å². The standard InChI is InChI=1S/C22H20FN3O3/c1-28-19-9-13(2-3-17(19)23)20-15-8-14-11-24-26-18(14)10-16(15)22(27)25-21(20)12-4-6-29-7-5-12/h2-3,8-12H,4-7H2,1H3,(H,24,26)(H,25,27). The van der Waals surface area contributed by atoms with E-state index in [-0.39, 0.29) is 17.2 Å². The number of H-pyrrole nitrogens is 2. The van der Waals surface area contributed by atoms with Crippen molar-refractivity contribution in [1.29, 1.82) is 0 Å². The molecule has 6 nitrogen and oxygen atoms in total. The summed E-state index contributed by atoms with van der Waals surface area (Å²) in [7, 11) is 1.45. The van der Waals surface area contributed by atoms with Crippen molar-refractivity contribution in [3.05, 3.63) is 58.4 Å². The summed E-state index contributed by atoms with van der Waals surface area (Å²) in [5.41, 5.74) is 3.21. The van der Waals surface area contributed by atoms with Crippen LogP contribution >= 0.6 is 0 Å². The molecule has 1 aliphatic heterocycles. The van der Waals surface area contributed by atoms with Crippen LogP contribution in [0.5, 0.6) is 5.75 Å². The molecule has 0 unspecified atom stereocenters. The van der Waals surface area contributed by atoms with Gasteiger partial charge >= 0.3 is 0 Å². The maximum atomic E-state index is 14.1. The number of methoxy groups -OCH3 is 1. The van der Waals surface area contributed by atoms with E-state index in [4.69, 9.17) is 9.47 Å². The quantitative estimate of drug-likeness (QED) is 0.549. The molecule has 2 aromatic carbocycles. The Balaban J connectivity index is 1.86. The topological polar surface area (TPSA) is 80.0 Å². The van der Waals surface area contributed by atoms with Gasteiger partial charge in [-0.2, -0.15) is 5.10 Å². The smallest absolute Gasteiger partial charge is 0.256 e. The second-order valence-electron chi connectivity index (χ2n) is 7.33. The first-order valence-corrected chi connectivity index (χ1v) is 9.60. The van der Waals surface area contributed by atoms with Crippen LogP contribution in [0.1, 0.15) is 24.5 Å². The summed E-state index contributed by atoms with van der Waals surface area (Å²) in [4.78, 5) is 16.1. The average molecular weight is 393 g/mol. The van der Waals surface area contributed by atoms with E-state index in [1.807, 2.05) is 12.1 Å². The van der Waals surface area contributed by atoms with Gasteiger partial charge in [-0.25, -0.2) is 4.39 Å². The number of pyridine rings is 1. The van der Waals surface area contributed by atoms with Gasteiger partial charge in [-0.3, -0.25) is 9.89 Å². The van der Waals surface area contributed by atoms with E-state index >= 15 is 0 Å². The van der Waals surface area contributed by atoms with Gasteiger partial charge in [-0.15, -0.1) is 0 Å². The van der Waals surface area contributed by atoms with Crippen molar-refractivity contribution in [2.45, 2.75) is 18.8 Å². The molecule has 2 N–H and O–H groups in total. The minimum absolute atomic E-state index is 0.143. The molecule has 0 bridgehead atoms. The number of fused-ring (bicyclic) bond motifs is 2. The number of nitrogens with zero attached hydrogens (tertiary/aromatic N) is 1. The van der Waals surface area contributed by atoms with Crippen LogP contribution in [-0.4, -0.2) is 35.5 Å². The predicted octanol–water partition coefficient (Wildman–Crippen LogP) is 4.11. The Hall–Kier alpha value is -3.19. The second-order valence-corrected chi connectivity index (χ2v) is 7.33. The Labute approximate surface area is 165 Å². The number of aromatic amines is 2. The van der Waals surface area contributed by atoms with Crippen LogP contribution in [0.15, 0.2) is 41.3 Å². The van der Waals surface area contributed by atoms with E-state index in [2.05, 4.69) is 15.2 Å². The van der Waals surface area contributed by atoms with Crippen LogP contribution in [0.25, 0.3) is 32.8 Å². The number of rotatable bonds is 3. The molecule has 0 aliphatic carbocycles. The minimum Gasteiger partial charge on any atom is -0.494 e.